The van der Waals surface area contributed by atoms with Gasteiger partial charge >= 0.3 is 5.97 Å². The summed E-state index contributed by atoms with van der Waals surface area (Å²) in [6.07, 6.45) is 0. The van der Waals surface area contributed by atoms with E-state index in [0.29, 0.717) is 0 Å². The summed E-state index contributed by atoms with van der Waals surface area (Å²) in [5, 5.41) is 21.5. The molecular weight excluding hydrogens is 256 g/mol. The number of benzene rings is 1. The van der Waals surface area contributed by atoms with E-state index in [1.807, 2.05) is 0 Å². The maximum atomic E-state index is 11.6. The van der Waals surface area contributed by atoms with E-state index in [-0.39, 0.29) is 12.2 Å². The van der Waals surface area contributed by atoms with E-state index in [4.69, 9.17) is 4.74 Å². The van der Waals surface area contributed by atoms with Crippen LogP contribution in [0.3, 0.4) is 0 Å². The largest absolute Gasteiger partial charge is 0.466 e. The fraction of sp³-hybridized carbons (Fsp3) is 0.364. The van der Waals surface area contributed by atoms with Gasteiger partial charge in [0.2, 0.25) is 0 Å². The van der Waals surface area contributed by atoms with Gasteiger partial charge in [-0.3, -0.25) is 25.0 Å². The molecule has 0 N–H and O–H groups in total. The van der Waals surface area contributed by atoms with Gasteiger partial charge in [-0.25, -0.2) is 0 Å². The number of hydrogen-bond donors (Lipinski definition) is 0. The molecule has 0 bridgehead atoms. The summed E-state index contributed by atoms with van der Waals surface area (Å²) in [6.45, 7) is 3.23. The van der Waals surface area contributed by atoms with Crippen LogP contribution in [-0.2, 0) is 9.53 Å². The van der Waals surface area contributed by atoms with Crippen LogP contribution in [-0.4, -0.2) is 22.4 Å². The molecule has 0 aliphatic heterocycles. The Morgan fingerprint density at radius 2 is 1.95 bits per heavy atom. The van der Waals surface area contributed by atoms with Crippen molar-refractivity contribution in [3.63, 3.8) is 0 Å². The van der Waals surface area contributed by atoms with Crippen LogP contribution in [0.1, 0.15) is 25.3 Å². The summed E-state index contributed by atoms with van der Waals surface area (Å²) in [5.41, 5.74) is -0.768. The molecule has 0 aromatic heterocycles. The van der Waals surface area contributed by atoms with E-state index < -0.39 is 33.1 Å². The molecule has 0 saturated heterocycles. The molecule has 102 valence electrons. The Morgan fingerprint density at radius 3 is 2.42 bits per heavy atom. The molecule has 0 heterocycles. The maximum Gasteiger partial charge on any atom is 0.313 e. The molecule has 1 aromatic rings. The second-order valence-corrected chi connectivity index (χ2v) is 3.73. The summed E-state index contributed by atoms with van der Waals surface area (Å²) < 4.78 is 4.78. The average molecular weight is 268 g/mol. The number of carbonyl (C=O) groups excluding carboxylic acids is 1. The van der Waals surface area contributed by atoms with Gasteiger partial charge in [-0.2, -0.15) is 0 Å². The van der Waals surface area contributed by atoms with Crippen molar-refractivity contribution in [2.24, 2.45) is 0 Å². The van der Waals surface area contributed by atoms with E-state index in [0.717, 1.165) is 12.1 Å². The number of rotatable bonds is 5. The van der Waals surface area contributed by atoms with E-state index in [1.165, 1.54) is 13.0 Å². The van der Waals surface area contributed by atoms with Gasteiger partial charge in [0, 0.05) is 11.6 Å². The third kappa shape index (κ3) is 3.24. The Hall–Kier alpha value is -2.51. The Kier molecular flexibility index (Phi) is 4.51. The molecule has 0 saturated carbocycles. The van der Waals surface area contributed by atoms with Crippen LogP contribution < -0.4 is 0 Å². The minimum absolute atomic E-state index is 0.0917. The van der Waals surface area contributed by atoms with Gasteiger partial charge in [0.05, 0.1) is 28.4 Å². The molecule has 19 heavy (non-hydrogen) atoms. The van der Waals surface area contributed by atoms with E-state index >= 15 is 0 Å². The topological polar surface area (TPSA) is 113 Å². The Morgan fingerprint density at radius 1 is 1.32 bits per heavy atom. The lowest BCUT2D eigenvalue weighted by Gasteiger charge is -2.10. The first-order valence-corrected chi connectivity index (χ1v) is 5.47. The summed E-state index contributed by atoms with van der Waals surface area (Å²) in [6, 6.07) is 3.17. The number of nitrogens with zero attached hydrogens (tertiary/aromatic N) is 2. The SMILES string of the molecule is CCOC(=O)[C@@H](C)c1ccc([N+](=O)[O-])cc1[N+](=O)[O-]. The molecule has 0 radical (unpaired) electrons. The van der Waals surface area contributed by atoms with Crippen LogP contribution in [0.15, 0.2) is 18.2 Å². The lowest BCUT2D eigenvalue weighted by molar-refractivity contribution is -0.394. The smallest absolute Gasteiger partial charge is 0.313 e. The third-order valence-electron chi connectivity index (χ3n) is 2.53. The lowest BCUT2D eigenvalue weighted by atomic mass is 9.99. The van der Waals surface area contributed by atoms with Crippen molar-refractivity contribution in [3.8, 4) is 0 Å². The molecule has 0 aliphatic carbocycles. The van der Waals surface area contributed by atoms with Crippen molar-refractivity contribution in [2.75, 3.05) is 6.61 Å². The highest BCUT2D eigenvalue weighted by atomic mass is 16.6. The molecule has 0 spiro atoms. The maximum absolute atomic E-state index is 11.6. The highest BCUT2D eigenvalue weighted by Gasteiger charge is 2.27. The van der Waals surface area contributed by atoms with E-state index in [2.05, 4.69) is 0 Å². The minimum atomic E-state index is -0.860. The quantitative estimate of drug-likeness (QED) is 0.459. The highest BCUT2D eigenvalue weighted by molar-refractivity contribution is 5.79. The molecule has 8 heteroatoms. The molecule has 0 amide bonds. The predicted molar refractivity (Wildman–Crippen MR) is 64.8 cm³/mol. The minimum Gasteiger partial charge on any atom is -0.466 e. The first-order valence-electron chi connectivity index (χ1n) is 5.47. The summed E-state index contributed by atoms with van der Waals surface area (Å²) in [4.78, 5) is 31.6. The predicted octanol–water partition coefficient (Wildman–Crippen LogP) is 2.17. The van der Waals surface area contributed by atoms with Gasteiger partial charge in [0.15, 0.2) is 0 Å². The van der Waals surface area contributed by atoms with Crippen LogP contribution in [0.5, 0.6) is 0 Å². The third-order valence-corrected chi connectivity index (χ3v) is 2.53. The number of ether oxygens (including phenoxy) is 1. The van der Waals surface area contributed by atoms with Crippen molar-refractivity contribution in [3.05, 3.63) is 44.0 Å². The summed E-state index contributed by atoms with van der Waals surface area (Å²) >= 11 is 0. The van der Waals surface area contributed by atoms with Gasteiger partial charge in [-0.1, -0.05) is 0 Å². The highest BCUT2D eigenvalue weighted by Crippen LogP contribution is 2.30. The monoisotopic (exact) mass is 268 g/mol. The first kappa shape index (κ1) is 14.6. The number of nitro benzene ring substituents is 2. The van der Waals surface area contributed by atoms with E-state index in [1.54, 1.807) is 6.92 Å². The van der Waals surface area contributed by atoms with Gasteiger partial charge < -0.3 is 4.74 Å². The fourth-order valence-electron chi connectivity index (χ4n) is 1.56. The van der Waals surface area contributed by atoms with E-state index in [9.17, 15) is 25.0 Å². The van der Waals surface area contributed by atoms with Crippen molar-refractivity contribution in [2.45, 2.75) is 19.8 Å². The molecule has 0 unspecified atom stereocenters. The second-order valence-electron chi connectivity index (χ2n) is 3.73. The Labute approximate surface area is 108 Å². The van der Waals surface area contributed by atoms with Gasteiger partial charge in [0.1, 0.15) is 0 Å². The van der Waals surface area contributed by atoms with Crippen molar-refractivity contribution in [1.82, 2.24) is 0 Å². The molecule has 1 atom stereocenters. The van der Waals surface area contributed by atoms with Gasteiger partial charge in [-0.05, 0) is 19.9 Å². The number of esters is 1. The fourth-order valence-corrected chi connectivity index (χ4v) is 1.56. The van der Waals surface area contributed by atoms with Crippen molar-refractivity contribution in [1.29, 1.82) is 0 Å². The number of hydrogen-bond acceptors (Lipinski definition) is 6. The molecule has 8 nitrogen and oxygen atoms in total. The average Bonchev–Trinajstić information content (AvgIpc) is 2.37. The van der Waals surface area contributed by atoms with Crippen LogP contribution in [0, 0.1) is 20.2 Å². The zero-order valence-corrected chi connectivity index (χ0v) is 10.4. The molecule has 1 aromatic carbocycles. The van der Waals surface area contributed by atoms with Crippen LogP contribution >= 0.6 is 0 Å². The van der Waals surface area contributed by atoms with Gasteiger partial charge in [0.25, 0.3) is 11.4 Å². The number of carbonyl (C=O) groups is 1. The number of non-ortho nitro benzene ring substituents is 1. The lowest BCUT2D eigenvalue weighted by Crippen LogP contribution is -2.14. The zero-order valence-electron chi connectivity index (χ0n) is 10.4. The van der Waals surface area contributed by atoms with Crippen LogP contribution in [0.2, 0.25) is 0 Å². The Balaban J connectivity index is 3.23. The Bertz CT molecular complexity index is 528. The normalized spacial score (nSPS) is 11.7. The van der Waals surface area contributed by atoms with Gasteiger partial charge in [-0.15, -0.1) is 0 Å². The first-order chi connectivity index (χ1) is 8.88. The number of nitro groups is 2. The van der Waals surface area contributed by atoms with Crippen LogP contribution in [0.4, 0.5) is 11.4 Å². The summed E-state index contributed by atoms with van der Waals surface area (Å²) in [7, 11) is 0. The molecule has 0 fully saturated rings. The van der Waals surface area contributed by atoms with Crippen molar-refractivity contribution < 1.29 is 19.4 Å². The standard InChI is InChI=1S/C11H12N2O6/c1-3-19-11(14)7(2)9-5-4-8(12(15)16)6-10(9)13(17)18/h4-7H,3H2,1-2H3/t7-/m0/s1. The molecular formula is C11H12N2O6. The molecule has 0 aliphatic rings. The van der Waals surface area contributed by atoms with Crippen LogP contribution in [0.25, 0.3) is 0 Å². The molecule has 1 rings (SSSR count). The van der Waals surface area contributed by atoms with Crippen molar-refractivity contribution >= 4 is 17.3 Å². The second kappa shape index (κ2) is 5.89. The zero-order chi connectivity index (χ0) is 14.6. The summed E-state index contributed by atoms with van der Waals surface area (Å²) in [5.74, 6) is -1.47.